The maximum atomic E-state index is 11.9. The maximum Gasteiger partial charge on any atom is 0.240 e. The van der Waals surface area contributed by atoms with Crippen molar-refractivity contribution in [1.82, 2.24) is 4.72 Å². The van der Waals surface area contributed by atoms with Crippen LogP contribution in [-0.4, -0.2) is 15.0 Å². The number of anilines is 1. The monoisotopic (exact) mass is 318 g/mol. The smallest absolute Gasteiger partial charge is 0.240 e. The molecule has 0 bridgehead atoms. The third-order valence-electron chi connectivity index (χ3n) is 2.12. The molecule has 0 aliphatic heterocycles. The van der Waals surface area contributed by atoms with E-state index in [-0.39, 0.29) is 4.90 Å². The lowest BCUT2D eigenvalue weighted by Gasteiger charge is -2.07. The molecular weight excluding hydrogens is 304 g/mol. The van der Waals surface area contributed by atoms with Gasteiger partial charge in [-0.3, -0.25) is 0 Å². The molecule has 0 aromatic heterocycles. The van der Waals surface area contributed by atoms with E-state index in [4.69, 9.17) is 5.73 Å². The van der Waals surface area contributed by atoms with Gasteiger partial charge in [0.25, 0.3) is 0 Å². The van der Waals surface area contributed by atoms with Gasteiger partial charge in [0, 0.05) is 16.7 Å². The predicted octanol–water partition coefficient (Wildman–Crippen LogP) is 2.28. The number of benzene rings is 1. The van der Waals surface area contributed by atoms with Crippen LogP contribution in [0.1, 0.15) is 13.3 Å². The first-order valence-electron chi connectivity index (χ1n) is 5.13. The largest absolute Gasteiger partial charge is 0.398 e. The van der Waals surface area contributed by atoms with Gasteiger partial charge in [-0.15, -0.1) is 0 Å². The molecule has 0 spiro atoms. The molecule has 0 fully saturated rings. The second-order valence-corrected chi connectivity index (χ2v) is 6.06. The average Bonchev–Trinajstić information content (AvgIpc) is 2.28. The van der Waals surface area contributed by atoms with Crippen LogP contribution >= 0.6 is 15.9 Å². The highest BCUT2D eigenvalue weighted by molar-refractivity contribution is 9.10. The number of nitrogen functional groups attached to an aromatic ring is 1. The van der Waals surface area contributed by atoms with E-state index < -0.39 is 10.0 Å². The van der Waals surface area contributed by atoms with Gasteiger partial charge < -0.3 is 5.73 Å². The van der Waals surface area contributed by atoms with Crippen LogP contribution in [0.4, 0.5) is 5.69 Å². The lowest BCUT2D eigenvalue weighted by molar-refractivity contribution is 0.582. The Hall–Kier alpha value is -0.850. The molecule has 94 valence electrons. The zero-order valence-electron chi connectivity index (χ0n) is 9.48. The van der Waals surface area contributed by atoms with Crippen LogP contribution in [0.3, 0.4) is 0 Å². The summed E-state index contributed by atoms with van der Waals surface area (Å²) in [6.07, 6.45) is 4.45. The summed E-state index contributed by atoms with van der Waals surface area (Å²) in [6, 6.07) is 4.57. The summed E-state index contributed by atoms with van der Waals surface area (Å²) in [4.78, 5) is 0.179. The molecule has 0 amide bonds. The fourth-order valence-electron chi connectivity index (χ4n) is 1.22. The van der Waals surface area contributed by atoms with Crippen LogP contribution in [0.5, 0.6) is 0 Å². The standard InChI is InChI=1S/C11H15BrN2O2S/c1-2-3-4-7-14-17(15,16)9-5-6-10(12)11(13)8-9/h2-3,5-6,8,14H,4,7,13H2,1H3/b3-2+. The predicted molar refractivity (Wildman–Crippen MR) is 73.2 cm³/mol. The fraction of sp³-hybridized carbons (Fsp3) is 0.273. The number of hydrogen-bond donors (Lipinski definition) is 2. The molecule has 3 N–H and O–H groups in total. The van der Waals surface area contributed by atoms with E-state index in [1.54, 1.807) is 6.07 Å². The van der Waals surface area contributed by atoms with Crippen LogP contribution in [0, 0.1) is 0 Å². The van der Waals surface area contributed by atoms with Crippen LogP contribution < -0.4 is 10.5 Å². The van der Waals surface area contributed by atoms with Gasteiger partial charge in [0.15, 0.2) is 0 Å². The average molecular weight is 319 g/mol. The summed E-state index contributed by atoms with van der Waals surface area (Å²) in [7, 11) is -3.46. The molecule has 0 saturated carbocycles. The maximum absolute atomic E-state index is 11.9. The highest BCUT2D eigenvalue weighted by Gasteiger charge is 2.13. The zero-order chi connectivity index (χ0) is 12.9. The van der Waals surface area contributed by atoms with Gasteiger partial charge in [-0.2, -0.15) is 0 Å². The van der Waals surface area contributed by atoms with Crippen molar-refractivity contribution in [3.63, 3.8) is 0 Å². The Morgan fingerprint density at radius 1 is 1.47 bits per heavy atom. The molecule has 6 heteroatoms. The summed E-state index contributed by atoms with van der Waals surface area (Å²) in [5.41, 5.74) is 6.05. The Morgan fingerprint density at radius 2 is 2.18 bits per heavy atom. The lowest BCUT2D eigenvalue weighted by atomic mass is 10.3. The molecule has 0 heterocycles. The SMILES string of the molecule is C/C=C/CCNS(=O)(=O)c1ccc(Br)c(N)c1. The Labute approximate surface area is 110 Å². The molecule has 0 aliphatic rings. The van der Waals surface area contributed by atoms with E-state index in [9.17, 15) is 8.42 Å². The van der Waals surface area contributed by atoms with Crippen molar-refractivity contribution >= 4 is 31.6 Å². The molecule has 1 aromatic carbocycles. The summed E-state index contributed by atoms with van der Waals surface area (Å²) < 4.78 is 26.9. The fourth-order valence-corrected chi connectivity index (χ4v) is 2.54. The number of allylic oxidation sites excluding steroid dienone is 1. The molecule has 0 radical (unpaired) electrons. The normalized spacial score (nSPS) is 12.1. The molecule has 0 unspecified atom stereocenters. The Bertz CT molecular complexity index is 512. The third kappa shape index (κ3) is 4.14. The minimum absolute atomic E-state index is 0.179. The van der Waals surface area contributed by atoms with Crippen molar-refractivity contribution in [2.75, 3.05) is 12.3 Å². The van der Waals surface area contributed by atoms with Crippen LogP contribution in [0.15, 0.2) is 39.7 Å². The highest BCUT2D eigenvalue weighted by Crippen LogP contribution is 2.22. The Kier molecular flexibility index (Phi) is 5.17. The second-order valence-electron chi connectivity index (χ2n) is 3.44. The number of nitrogens with one attached hydrogen (secondary N) is 1. The van der Waals surface area contributed by atoms with Gasteiger partial charge in [-0.1, -0.05) is 12.2 Å². The molecule has 17 heavy (non-hydrogen) atoms. The quantitative estimate of drug-likeness (QED) is 0.497. The van der Waals surface area contributed by atoms with Crippen molar-refractivity contribution in [2.45, 2.75) is 18.2 Å². The van der Waals surface area contributed by atoms with E-state index in [0.29, 0.717) is 23.1 Å². The van der Waals surface area contributed by atoms with Crippen molar-refractivity contribution in [3.05, 3.63) is 34.8 Å². The van der Waals surface area contributed by atoms with E-state index in [1.165, 1.54) is 12.1 Å². The number of hydrogen-bond acceptors (Lipinski definition) is 3. The minimum atomic E-state index is -3.46. The Balaban J connectivity index is 2.79. The van der Waals surface area contributed by atoms with Crippen molar-refractivity contribution in [2.24, 2.45) is 0 Å². The molecule has 0 saturated heterocycles. The van der Waals surface area contributed by atoms with E-state index in [0.717, 1.165) is 0 Å². The zero-order valence-corrected chi connectivity index (χ0v) is 11.9. The van der Waals surface area contributed by atoms with E-state index in [2.05, 4.69) is 20.7 Å². The summed E-state index contributed by atoms with van der Waals surface area (Å²) in [5.74, 6) is 0. The number of halogens is 1. The van der Waals surface area contributed by atoms with Crippen LogP contribution in [-0.2, 0) is 10.0 Å². The van der Waals surface area contributed by atoms with E-state index in [1.807, 2.05) is 19.1 Å². The van der Waals surface area contributed by atoms with Crippen molar-refractivity contribution in [3.8, 4) is 0 Å². The van der Waals surface area contributed by atoms with Gasteiger partial charge in [0.05, 0.1) is 4.90 Å². The molecular formula is C11H15BrN2O2S. The van der Waals surface area contributed by atoms with Crippen molar-refractivity contribution < 1.29 is 8.42 Å². The summed E-state index contributed by atoms with van der Waals surface area (Å²) in [5, 5.41) is 0. The summed E-state index contributed by atoms with van der Waals surface area (Å²) >= 11 is 3.22. The first-order valence-corrected chi connectivity index (χ1v) is 7.41. The topological polar surface area (TPSA) is 72.2 Å². The van der Waals surface area contributed by atoms with Gasteiger partial charge in [0.1, 0.15) is 0 Å². The first kappa shape index (κ1) is 14.2. The van der Waals surface area contributed by atoms with Gasteiger partial charge in [-0.25, -0.2) is 13.1 Å². The van der Waals surface area contributed by atoms with Gasteiger partial charge >= 0.3 is 0 Å². The molecule has 1 aromatic rings. The van der Waals surface area contributed by atoms with Crippen molar-refractivity contribution in [1.29, 1.82) is 0 Å². The second kappa shape index (κ2) is 6.18. The molecule has 0 atom stereocenters. The molecule has 1 rings (SSSR count). The molecule has 4 nitrogen and oxygen atoms in total. The Morgan fingerprint density at radius 3 is 2.76 bits per heavy atom. The van der Waals surface area contributed by atoms with Crippen LogP contribution in [0.2, 0.25) is 0 Å². The number of sulfonamides is 1. The number of nitrogens with two attached hydrogens (primary N) is 1. The lowest BCUT2D eigenvalue weighted by Crippen LogP contribution is -2.24. The van der Waals surface area contributed by atoms with Crippen LogP contribution in [0.25, 0.3) is 0 Å². The summed E-state index contributed by atoms with van der Waals surface area (Å²) in [6.45, 7) is 2.27. The third-order valence-corrected chi connectivity index (χ3v) is 4.30. The van der Waals surface area contributed by atoms with E-state index >= 15 is 0 Å². The number of rotatable bonds is 5. The first-order chi connectivity index (χ1) is 7.97. The highest BCUT2D eigenvalue weighted by atomic mass is 79.9. The minimum Gasteiger partial charge on any atom is -0.398 e. The van der Waals surface area contributed by atoms with Gasteiger partial charge in [0.2, 0.25) is 10.0 Å². The molecule has 0 aliphatic carbocycles. The van der Waals surface area contributed by atoms with Gasteiger partial charge in [-0.05, 0) is 47.5 Å².